The van der Waals surface area contributed by atoms with Gasteiger partial charge in [-0.15, -0.1) is 11.3 Å². The van der Waals surface area contributed by atoms with Gasteiger partial charge in [0.2, 0.25) is 21.9 Å². The minimum atomic E-state index is -3.54. The second-order valence-electron chi connectivity index (χ2n) is 12.7. The fourth-order valence-electron chi connectivity index (χ4n) is 5.48. The lowest BCUT2D eigenvalue weighted by molar-refractivity contribution is 0.0139. The zero-order valence-electron chi connectivity index (χ0n) is 26.5. The van der Waals surface area contributed by atoms with Crippen molar-refractivity contribution in [3.63, 3.8) is 0 Å². The van der Waals surface area contributed by atoms with Crippen LogP contribution in [0, 0.1) is 6.92 Å². The second-order valence-corrected chi connectivity index (χ2v) is 15.8. The molecule has 0 aromatic carbocycles. The first-order valence-corrected chi connectivity index (χ1v) is 17.7. The molecule has 1 saturated carbocycles. The van der Waals surface area contributed by atoms with Gasteiger partial charge in [-0.3, -0.25) is 9.62 Å². The number of rotatable bonds is 8. The Morgan fingerprint density at radius 1 is 1.11 bits per heavy atom. The number of nitrogens with zero attached hydrogens (tertiary/aromatic N) is 6. The molecule has 244 valence electrons. The molecule has 1 aliphatic carbocycles. The van der Waals surface area contributed by atoms with Gasteiger partial charge in [0.05, 0.1) is 41.5 Å². The van der Waals surface area contributed by atoms with Crippen molar-refractivity contribution in [3.8, 4) is 17.1 Å². The molecule has 1 amide bonds. The van der Waals surface area contributed by atoms with E-state index in [4.69, 9.17) is 24.2 Å². The van der Waals surface area contributed by atoms with Crippen LogP contribution in [0.5, 0.6) is 5.88 Å². The Bertz CT molecular complexity index is 1670. The summed E-state index contributed by atoms with van der Waals surface area (Å²) in [6.07, 6.45) is 2.68. The molecule has 1 N–H and O–H groups in total. The Hall–Kier alpha value is -3.27. The molecule has 45 heavy (non-hydrogen) atoms. The number of piperazine rings is 1. The molecule has 0 unspecified atom stereocenters. The fraction of sp³-hybridized carbons (Fsp3) is 0.600. The van der Waals surface area contributed by atoms with Gasteiger partial charge in [-0.2, -0.15) is 0 Å². The number of aryl methyl sites for hydroxylation is 1. The summed E-state index contributed by atoms with van der Waals surface area (Å²) in [6.45, 7) is 13.5. The van der Waals surface area contributed by atoms with Crippen molar-refractivity contribution in [2.75, 3.05) is 69.2 Å². The molecular formula is C30H41N7O6S2. The first-order valence-electron chi connectivity index (χ1n) is 15.3. The van der Waals surface area contributed by atoms with E-state index < -0.39 is 20.9 Å². The summed E-state index contributed by atoms with van der Waals surface area (Å²) in [5.74, 6) is 0.806. The van der Waals surface area contributed by atoms with Gasteiger partial charge in [-0.05, 0) is 46.6 Å². The van der Waals surface area contributed by atoms with Gasteiger partial charge in [0.15, 0.2) is 0 Å². The summed E-state index contributed by atoms with van der Waals surface area (Å²) in [5.41, 5.74) is 3.11. The van der Waals surface area contributed by atoms with Crippen LogP contribution < -0.4 is 14.4 Å². The summed E-state index contributed by atoms with van der Waals surface area (Å²) in [6, 6.07) is 1.75. The first kappa shape index (κ1) is 31.7. The third kappa shape index (κ3) is 7.11. The van der Waals surface area contributed by atoms with E-state index >= 15 is 0 Å². The van der Waals surface area contributed by atoms with E-state index in [2.05, 4.69) is 26.4 Å². The number of pyridine rings is 1. The lowest BCUT2D eigenvalue weighted by Gasteiger charge is -2.35. The zero-order chi connectivity index (χ0) is 31.9. The number of hydrogen-bond donors (Lipinski definition) is 1. The number of methoxy groups -OCH3 is 1. The Morgan fingerprint density at radius 2 is 1.82 bits per heavy atom. The van der Waals surface area contributed by atoms with Gasteiger partial charge in [-0.1, -0.05) is 0 Å². The van der Waals surface area contributed by atoms with Crippen molar-refractivity contribution < 1.29 is 27.4 Å². The van der Waals surface area contributed by atoms with Crippen molar-refractivity contribution in [2.45, 2.75) is 57.9 Å². The Labute approximate surface area is 267 Å². The maximum Gasteiger partial charge on any atom is 0.410 e. The van der Waals surface area contributed by atoms with E-state index in [1.165, 1.54) is 7.11 Å². The number of amides is 1. The van der Waals surface area contributed by atoms with Crippen LogP contribution >= 0.6 is 11.3 Å². The van der Waals surface area contributed by atoms with E-state index in [0.717, 1.165) is 33.7 Å². The largest absolute Gasteiger partial charge is 0.480 e. The number of ether oxygens (including phenoxy) is 3. The minimum absolute atomic E-state index is 0.204. The summed E-state index contributed by atoms with van der Waals surface area (Å²) in [5, 5.41) is -0.391. The van der Waals surface area contributed by atoms with Crippen molar-refractivity contribution >= 4 is 49.3 Å². The van der Waals surface area contributed by atoms with Crippen LogP contribution in [0.3, 0.4) is 0 Å². The molecule has 0 atom stereocenters. The highest BCUT2D eigenvalue weighted by Gasteiger charge is 2.36. The number of carbonyl (C=O) groups is 1. The summed E-state index contributed by atoms with van der Waals surface area (Å²) < 4.78 is 45.9. The number of carbonyl (C=O) groups excluding carboxylic acids is 1. The monoisotopic (exact) mass is 659 g/mol. The van der Waals surface area contributed by atoms with Crippen molar-refractivity contribution in [1.82, 2.24) is 24.8 Å². The minimum Gasteiger partial charge on any atom is -0.480 e. The number of thiophene rings is 1. The highest BCUT2D eigenvalue weighted by atomic mass is 32.2. The molecule has 13 nitrogen and oxygen atoms in total. The Kier molecular flexibility index (Phi) is 8.80. The van der Waals surface area contributed by atoms with E-state index in [1.54, 1.807) is 28.5 Å². The number of sulfonamides is 1. The number of morpholine rings is 1. The molecule has 0 spiro atoms. The Balaban J connectivity index is 1.34. The lowest BCUT2D eigenvalue weighted by atomic mass is 10.1. The maximum atomic E-state index is 12.8. The van der Waals surface area contributed by atoms with Crippen LogP contribution in [-0.4, -0.2) is 110 Å². The molecule has 3 fully saturated rings. The van der Waals surface area contributed by atoms with Crippen molar-refractivity contribution in [3.05, 3.63) is 22.7 Å². The number of hydrogen-bond acceptors (Lipinski definition) is 12. The number of nitrogens with one attached hydrogen (secondary N) is 1. The molecule has 0 radical (unpaired) electrons. The third-order valence-electron chi connectivity index (χ3n) is 8.05. The van der Waals surface area contributed by atoms with Crippen molar-refractivity contribution in [1.29, 1.82) is 0 Å². The van der Waals surface area contributed by atoms with Gasteiger partial charge >= 0.3 is 6.09 Å². The summed E-state index contributed by atoms with van der Waals surface area (Å²) >= 11 is 1.62. The van der Waals surface area contributed by atoms with Gasteiger partial charge in [0.1, 0.15) is 11.3 Å². The van der Waals surface area contributed by atoms with Crippen LogP contribution in [-0.2, 0) is 26.0 Å². The van der Waals surface area contributed by atoms with E-state index in [-0.39, 0.29) is 17.7 Å². The standard InChI is InChI=1S/C30H41N7O6S2/c1-19-22(18-35-8-10-37(11-9-35)29(38)43-30(2,3)4)25-26(44-19)24(32-28(33-25)36-12-14-42-15-13-36)20-16-23(27(41-5)31-17-20)34-45(39,40)21-6-7-21/h16-17,21,34H,6-15,18H2,1-5H3. The molecule has 15 heteroatoms. The molecule has 2 saturated heterocycles. The number of anilines is 2. The van der Waals surface area contributed by atoms with Gasteiger partial charge in [-0.25, -0.2) is 28.2 Å². The molecule has 6 rings (SSSR count). The molecule has 3 aliphatic rings. The predicted octanol–water partition coefficient (Wildman–Crippen LogP) is 3.86. The average Bonchev–Trinajstić information content (AvgIpc) is 3.82. The topological polar surface area (TPSA) is 139 Å². The molecule has 3 aromatic rings. The molecule has 5 heterocycles. The summed E-state index contributed by atoms with van der Waals surface area (Å²) in [7, 11) is -2.07. The fourth-order valence-corrected chi connectivity index (χ4v) is 7.97. The van der Waals surface area contributed by atoms with Crippen LogP contribution in [0.15, 0.2) is 12.3 Å². The van der Waals surface area contributed by atoms with Crippen LogP contribution in [0.2, 0.25) is 0 Å². The lowest BCUT2D eigenvalue weighted by Crippen LogP contribution is -2.49. The molecule has 3 aromatic heterocycles. The highest BCUT2D eigenvalue weighted by Crippen LogP contribution is 2.40. The van der Waals surface area contributed by atoms with Gasteiger partial charge < -0.3 is 24.0 Å². The smallest absolute Gasteiger partial charge is 0.410 e. The second kappa shape index (κ2) is 12.5. The van der Waals surface area contributed by atoms with Crippen LogP contribution in [0.25, 0.3) is 21.5 Å². The van der Waals surface area contributed by atoms with Gasteiger partial charge in [0.25, 0.3) is 0 Å². The zero-order valence-corrected chi connectivity index (χ0v) is 28.1. The quantitative estimate of drug-likeness (QED) is 0.377. The third-order valence-corrected chi connectivity index (χ3v) is 11.0. The van der Waals surface area contributed by atoms with Gasteiger partial charge in [0, 0.05) is 68.0 Å². The number of fused-ring (bicyclic) bond motifs is 1. The first-order chi connectivity index (χ1) is 21.4. The maximum absolute atomic E-state index is 12.8. The van der Waals surface area contributed by atoms with Crippen LogP contribution in [0.1, 0.15) is 44.1 Å². The van der Waals surface area contributed by atoms with E-state index in [0.29, 0.717) is 76.0 Å². The molecule has 2 aliphatic heterocycles. The summed E-state index contributed by atoms with van der Waals surface area (Å²) in [4.78, 5) is 34.6. The van der Waals surface area contributed by atoms with Crippen LogP contribution in [0.4, 0.5) is 16.4 Å². The predicted molar refractivity (Wildman–Crippen MR) is 174 cm³/mol. The van der Waals surface area contributed by atoms with E-state index in [9.17, 15) is 13.2 Å². The van der Waals surface area contributed by atoms with E-state index in [1.807, 2.05) is 20.8 Å². The normalized spacial score (nSPS) is 18.3. The highest BCUT2D eigenvalue weighted by molar-refractivity contribution is 7.93. The SMILES string of the molecule is COc1ncc(-c2nc(N3CCOCC3)nc3c(CN4CCN(C(=O)OC(C)(C)C)CC4)c(C)sc23)cc1NS(=O)(=O)C1CC1. The number of aromatic nitrogens is 3. The molecule has 0 bridgehead atoms. The Morgan fingerprint density at radius 3 is 2.47 bits per heavy atom. The molecular weight excluding hydrogens is 619 g/mol. The average molecular weight is 660 g/mol. The van der Waals surface area contributed by atoms with Crippen molar-refractivity contribution in [2.24, 2.45) is 0 Å².